The van der Waals surface area contributed by atoms with Gasteiger partial charge in [0.1, 0.15) is 11.1 Å². The van der Waals surface area contributed by atoms with E-state index in [0.29, 0.717) is 0 Å². The van der Waals surface area contributed by atoms with Crippen molar-refractivity contribution in [3.8, 4) is 5.75 Å². The van der Waals surface area contributed by atoms with Gasteiger partial charge in [0.15, 0.2) is 0 Å². The standard InChI is InChI=1S/C16H16O7/c1-3-21-12(18)8-10-9-6-5-7-11(17)13(9)15(19)23-14(10)16(20)22-4-2/h5-7,17H,3-4,8H2,1-2H3. The third-order valence-electron chi connectivity index (χ3n) is 3.13. The molecule has 2 rings (SSSR count). The maximum Gasteiger partial charge on any atom is 0.374 e. The van der Waals surface area contributed by atoms with E-state index < -0.39 is 17.6 Å². The van der Waals surface area contributed by atoms with Gasteiger partial charge in [-0.15, -0.1) is 0 Å². The lowest BCUT2D eigenvalue weighted by Crippen LogP contribution is -2.17. The Balaban J connectivity index is 2.71. The van der Waals surface area contributed by atoms with E-state index in [0.717, 1.165) is 0 Å². The summed E-state index contributed by atoms with van der Waals surface area (Å²) in [4.78, 5) is 35.9. The molecule has 0 aliphatic heterocycles. The van der Waals surface area contributed by atoms with Crippen LogP contribution in [0.25, 0.3) is 10.8 Å². The lowest BCUT2D eigenvalue weighted by Gasteiger charge is -2.11. The van der Waals surface area contributed by atoms with E-state index in [-0.39, 0.29) is 47.5 Å². The first-order chi connectivity index (χ1) is 11.0. The first-order valence-electron chi connectivity index (χ1n) is 7.10. The highest BCUT2D eigenvalue weighted by molar-refractivity contribution is 5.99. The minimum Gasteiger partial charge on any atom is -0.507 e. The SMILES string of the molecule is CCOC(=O)Cc1c(C(=O)OCC)oc(=O)c2c(O)cccc12. The van der Waals surface area contributed by atoms with E-state index in [1.54, 1.807) is 13.8 Å². The third-order valence-corrected chi connectivity index (χ3v) is 3.13. The van der Waals surface area contributed by atoms with E-state index >= 15 is 0 Å². The Morgan fingerprint density at radius 1 is 1.17 bits per heavy atom. The number of fused-ring (bicyclic) bond motifs is 1. The average Bonchev–Trinajstić information content (AvgIpc) is 2.50. The third kappa shape index (κ3) is 3.33. The van der Waals surface area contributed by atoms with Gasteiger partial charge in [-0.25, -0.2) is 9.59 Å². The van der Waals surface area contributed by atoms with Gasteiger partial charge in [-0.05, 0) is 19.9 Å². The van der Waals surface area contributed by atoms with Gasteiger partial charge in [0.25, 0.3) is 0 Å². The van der Waals surface area contributed by atoms with Crippen molar-refractivity contribution in [1.82, 2.24) is 0 Å². The molecule has 122 valence electrons. The van der Waals surface area contributed by atoms with Crippen molar-refractivity contribution < 1.29 is 28.6 Å². The van der Waals surface area contributed by atoms with E-state index in [1.807, 2.05) is 0 Å². The number of esters is 2. The molecule has 0 fully saturated rings. The highest BCUT2D eigenvalue weighted by atomic mass is 16.5. The molecule has 0 radical (unpaired) electrons. The van der Waals surface area contributed by atoms with E-state index in [1.165, 1.54) is 18.2 Å². The summed E-state index contributed by atoms with van der Waals surface area (Å²) in [5, 5.41) is 10.0. The van der Waals surface area contributed by atoms with Crippen molar-refractivity contribution in [2.45, 2.75) is 20.3 Å². The molecule has 0 saturated carbocycles. The summed E-state index contributed by atoms with van der Waals surface area (Å²) in [7, 11) is 0. The molecular formula is C16H16O7. The maximum absolute atomic E-state index is 12.0. The molecular weight excluding hydrogens is 304 g/mol. The van der Waals surface area contributed by atoms with Crippen LogP contribution in [0.2, 0.25) is 0 Å². The fraction of sp³-hybridized carbons (Fsp3) is 0.312. The van der Waals surface area contributed by atoms with Gasteiger partial charge in [0.2, 0.25) is 5.76 Å². The smallest absolute Gasteiger partial charge is 0.374 e. The second-order valence-electron chi connectivity index (χ2n) is 4.60. The van der Waals surface area contributed by atoms with Gasteiger partial charge in [0, 0.05) is 10.9 Å². The summed E-state index contributed by atoms with van der Waals surface area (Å²) < 4.78 is 14.7. The normalized spacial score (nSPS) is 10.5. The quantitative estimate of drug-likeness (QED) is 0.837. The van der Waals surface area contributed by atoms with Crippen LogP contribution in [0.3, 0.4) is 0 Å². The molecule has 0 bridgehead atoms. The number of carbonyl (C=O) groups is 2. The topological polar surface area (TPSA) is 103 Å². The fourth-order valence-electron chi connectivity index (χ4n) is 2.23. The summed E-state index contributed by atoms with van der Waals surface area (Å²) >= 11 is 0. The monoisotopic (exact) mass is 320 g/mol. The Labute approximate surface area is 131 Å². The predicted molar refractivity (Wildman–Crippen MR) is 80.4 cm³/mol. The molecule has 0 aliphatic rings. The number of benzene rings is 1. The van der Waals surface area contributed by atoms with Gasteiger partial charge in [-0.3, -0.25) is 4.79 Å². The van der Waals surface area contributed by atoms with E-state index in [4.69, 9.17) is 13.9 Å². The van der Waals surface area contributed by atoms with E-state index in [9.17, 15) is 19.5 Å². The van der Waals surface area contributed by atoms with Crippen LogP contribution >= 0.6 is 0 Å². The summed E-state index contributed by atoms with van der Waals surface area (Å²) in [5.74, 6) is -2.09. The molecule has 1 heterocycles. The highest BCUT2D eigenvalue weighted by Gasteiger charge is 2.24. The van der Waals surface area contributed by atoms with Crippen molar-refractivity contribution in [2.24, 2.45) is 0 Å². The van der Waals surface area contributed by atoms with Crippen LogP contribution in [0.1, 0.15) is 30.0 Å². The van der Waals surface area contributed by atoms with Crippen LogP contribution in [-0.2, 0) is 20.7 Å². The summed E-state index contributed by atoms with van der Waals surface area (Å²) in [6.45, 7) is 3.51. The highest BCUT2D eigenvalue weighted by Crippen LogP contribution is 2.27. The Morgan fingerprint density at radius 2 is 1.87 bits per heavy atom. The molecule has 0 atom stereocenters. The van der Waals surface area contributed by atoms with Crippen LogP contribution in [0, 0.1) is 0 Å². The Hall–Kier alpha value is -2.83. The van der Waals surface area contributed by atoms with Crippen molar-refractivity contribution in [1.29, 1.82) is 0 Å². The van der Waals surface area contributed by atoms with Gasteiger partial charge < -0.3 is 19.0 Å². The average molecular weight is 320 g/mol. The van der Waals surface area contributed by atoms with Gasteiger partial charge in [0.05, 0.1) is 19.6 Å². The molecule has 23 heavy (non-hydrogen) atoms. The molecule has 0 unspecified atom stereocenters. The first kappa shape index (κ1) is 16.5. The number of aromatic hydroxyl groups is 1. The van der Waals surface area contributed by atoms with Crippen LogP contribution in [0.4, 0.5) is 0 Å². The second kappa shape index (κ2) is 6.95. The van der Waals surface area contributed by atoms with Gasteiger partial charge in [-0.1, -0.05) is 12.1 Å². The summed E-state index contributed by atoms with van der Waals surface area (Å²) in [6.07, 6.45) is -0.286. The molecule has 0 spiro atoms. The largest absolute Gasteiger partial charge is 0.507 e. The lowest BCUT2D eigenvalue weighted by molar-refractivity contribution is -0.142. The zero-order valence-corrected chi connectivity index (χ0v) is 12.8. The number of carbonyl (C=O) groups excluding carboxylic acids is 2. The number of rotatable bonds is 5. The van der Waals surface area contributed by atoms with Gasteiger partial charge in [-0.2, -0.15) is 0 Å². The summed E-state index contributed by atoms with van der Waals surface area (Å²) in [6, 6.07) is 4.33. The Kier molecular flexibility index (Phi) is 5.00. The zero-order valence-electron chi connectivity index (χ0n) is 12.8. The molecule has 1 aromatic carbocycles. The minimum atomic E-state index is -0.881. The molecule has 1 N–H and O–H groups in total. The molecule has 0 aliphatic carbocycles. The van der Waals surface area contributed by atoms with Gasteiger partial charge >= 0.3 is 17.6 Å². The fourth-order valence-corrected chi connectivity index (χ4v) is 2.23. The van der Waals surface area contributed by atoms with Crippen LogP contribution in [0.15, 0.2) is 27.4 Å². The second-order valence-corrected chi connectivity index (χ2v) is 4.60. The number of ether oxygens (including phenoxy) is 2. The van der Waals surface area contributed by atoms with Crippen molar-refractivity contribution in [3.63, 3.8) is 0 Å². The Bertz CT molecular complexity index is 804. The number of phenols is 1. The van der Waals surface area contributed by atoms with Crippen molar-refractivity contribution >= 4 is 22.7 Å². The predicted octanol–water partition coefficient (Wildman–Crippen LogP) is 1.78. The molecule has 0 saturated heterocycles. The molecule has 7 nitrogen and oxygen atoms in total. The molecule has 0 amide bonds. The van der Waals surface area contributed by atoms with Crippen molar-refractivity contribution in [3.05, 3.63) is 39.9 Å². The first-order valence-corrected chi connectivity index (χ1v) is 7.10. The van der Waals surface area contributed by atoms with Crippen molar-refractivity contribution in [2.75, 3.05) is 13.2 Å². The lowest BCUT2D eigenvalue weighted by atomic mass is 10.0. The molecule has 1 aromatic heterocycles. The number of phenolic OH excluding ortho intramolecular Hbond substituents is 1. The maximum atomic E-state index is 12.0. The molecule has 7 heteroatoms. The van der Waals surface area contributed by atoms with Crippen LogP contribution in [0.5, 0.6) is 5.75 Å². The zero-order chi connectivity index (χ0) is 17.0. The van der Waals surface area contributed by atoms with E-state index in [2.05, 4.69) is 0 Å². The number of hydrogen-bond donors (Lipinski definition) is 1. The minimum absolute atomic E-state index is 0.0828. The number of hydrogen-bond acceptors (Lipinski definition) is 7. The van der Waals surface area contributed by atoms with Crippen LogP contribution in [-0.4, -0.2) is 30.3 Å². The van der Waals surface area contributed by atoms with Crippen LogP contribution < -0.4 is 5.63 Å². The Morgan fingerprint density at radius 3 is 2.52 bits per heavy atom. The molecule has 2 aromatic rings. The summed E-state index contributed by atoms with van der Waals surface area (Å²) in [5.41, 5.74) is -0.735.